The summed E-state index contributed by atoms with van der Waals surface area (Å²) in [7, 11) is 0. The highest BCUT2D eigenvalue weighted by Crippen LogP contribution is 2.22. The van der Waals surface area contributed by atoms with Gasteiger partial charge in [-0.1, -0.05) is 107 Å². The lowest BCUT2D eigenvalue weighted by molar-refractivity contribution is -0.302. The number of amides is 1. The Labute approximate surface area is 272 Å². The second kappa shape index (κ2) is 27.3. The van der Waals surface area contributed by atoms with Crippen LogP contribution in [0.4, 0.5) is 0 Å². The van der Waals surface area contributed by atoms with Crippen molar-refractivity contribution in [2.24, 2.45) is 0 Å². The van der Waals surface area contributed by atoms with Crippen molar-refractivity contribution in [3.63, 3.8) is 0 Å². The summed E-state index contributed by atoms with van der Waals surface area (Å²) in [6.45, 7) is 3.56. The van der Waals surface area contributed by atoms with Gasteiger partial charge in [-0.3, -0.25) is 4.79 Å². The number of hydrogen-bond donors (Lipinski definition) is 6. The molecule has 0 aromatic rings. The first-order valence-corrected chi connectivity index (χ1v) is 17.4. The summed E-state index contributed by atoms with van der Waals surface area (Å²) in [4.78, 5) is 12.8. The first-order valence-electron chi connectivity index (χ1n) is 17.4. The largest absolute Gasteiger partial charge is 0.394 e. The van der Waals surface area contributed by atoms with E-state index in [0.29, 0.717) is 12.8 Å². The van der Waals surface area contributed by atoms with Gasteiger partial charge >= 0.3 is 0 Å². The lowest BCUT2D eigenvalue weighted by Gasteiger charge is -2.40. The predicted octanol–water partition coefficient (Wildman–Crippen LogP) is 5.15. The number of carbonyl (C=O) groups excluding carboxylic acids is 1. The minimum absolute atomic E-state index is 0.203. The quantitative estimate of drug-likeness (QED) is 0.0563. The lowest BCUT2D eigenvalue weighted by atomic mass is 9.99. The summed E-state index contributed by atoms with van der Waals surface area (Å²) >= 11 is 0. The maximum absolute atomic E-state index is 12.8. The molecule has 7 unspecified atom stereocenters. The van der Waals surface area contributed by atoms with Crippen LogP contribution in [0.1, 0.15) is 117 Å². The third-order valence-corrected chi connectivity index (χ3v) is 7.91. The highest BCUT2D eigenvalue weighted by molar-refractivity contribution is 5.76. The minimum Gasteiger partial charge on any atom is -0.394 e. The summed E-state index contributed by atoms with van der Waals surface area (Å²) in [6.07, 6.45) is 24.5. The second-order valence-corrected chi connectivity index (χ2v) is 11.9. The molecule has 1 amide bonds. The van der Waals surface area contributed by atoms with Crippen LogP contribution in [0.5, 0.6) is 0 Å². The van der Waals surface area contributed by atoms with Crippen LogP contribution in [-0.4, -0.2) is 87.5 Å². The molecule has 0 radical (unpaired) electrons. The summed E-state index contributed by atoms with van der Waals surface area (Å²) < 4.78 is 11.1. The van der Waals surface area contributed by atoms with Crippen molar-refractivity contribution in [3.8, 4) is 0 Å². The first kappa shape index (κ1) is 41.2. The van der Waals surface area contributed by atoms with Crippen LogP contribution in [0.2, 0.25) is 0 Å². The lowest BCUT2D eigenvalue weighted by Crippen LogP contribution is -2.60. The number of rotatable bonds is 26. The van der Waals surface area contributed by atoms with Crippen LogP contribution in [-0.2, 0) is 14.3 Å². The zero-order chi connectivity index (χ0) is 33.1. The van der Waals surface area contributed by atoms with Gasteiger partial charge in [-0.15, -0.1) is 0 Å². The Kier molecular flexibility index (Phi) is 25.0. The topological polar surface area (TPSA) is 149 Å². The maximum atomic E-state index is 12.8. The molecular weight excluding hydrogens is 574 g/mol. The van der Waals surface area contributed by atoms with Gasteiger partial charge in [-0.05, 0) is 51.4 Å². The van der Waals surface area contributed by atoms with Gasteiger partial charge in [0.1, 0.15) is 24.4 Å². The van der Waals surface area contributed by atoms with Gasteiger partial charge in [0, 0.05) is 6.42 Å². The van der Waals surface area contributed by atoms with Gasteiger partial charge < -0.3 is 40.3 Å². The minimum atomic E-state index is -1.57. The third kappa shape index (κ3) is 19.4. The van der Waals surface area contributed by atoms with Gasteiger partial charge in [0.05, 0.1) is 25.4 Å². The number of allylic oxidation sites excluding steroid dienone is 7. The van der Waals surface area contributed by atoms with Crippen molar-refractivity contribution >= 4 is 5.91 Å². The van der Waals surface area contributed by atoms with E-state index in [1.54, 1.807) is 6.08 Å². The Morgan fingerprint density at radius 1 is 0.778 bits per heavy atom. The molecule has 1 aliphatic rings. The van der Waals surface area contributed by atoms with Crippen LogP contribution in [0.3, 0.4) is 0 Å². The molecule has 0 saturated carbocycles. The molecule has 0 aromatic heterocycles. The molecular formula is C36H63NO8. The number of nitrogens with one attached hydrogen (secondary N) is 1. The zero-order valence-electron chi connectivity index (χ0n) is 27.8. The number of unbranched alkanes of at least 4 members (excludes halogenated alkanes) is 10. The first-order chi connectivity index (χ1) is 21.8. The van der Waals surface area contributed by atoms with Crippen LogP contribution in [0.25, 0.3) is 0 Å². The Bertz CT molecular complexity index is 843. The van der Waals surface area contributed by atoms with Crippen molar-refractivity contribution in [1.29, 1.82) is 0 Å². The van der Waals surface area contributed by atoms with Crippen molar-refractivity contribution in [3.05, 3.63) is 48.6 Å². The smallest absolute Gasteiger partial charge is 0.220 e. The maximum Gasteiger partial charge on any atom is 0.220 e. The molecule has 260 valence electrons. The summed E-state index contributed by atoms with van der Waals surface area (Å²) in [5.41, 5.74) is 0. The van der Waals surface area contributed by atoms with Crippen LogP contribution < -0.4 is 5.32 Å². The van der Waals surface area contributed by atoms with E-state index >= 15 is 0 Å². The molecule has 0 aliphatic carbocycles. The van der Waals surface area contributed by atoms with Crippen molar-refractivity contribution in [2.75, 3.05) is 13.2 Å². The van der Waals surface area contributed by atoms with Crippen molar-refractivity contribution < 1.29 is 39.8 Å². The third-order valence-electron chi connectivity index (χ3n) is 7.91. The molecule has 1 fully saturated rings. The summed E-state index contributed by atoms with van der Waals surface area (Å²) in [5, 5.41) is 53.6. The molecule has 1 heterocycles. The number of aliphatic hydroxyl groups is 5. The molecule has 0 spiro atoms. The van der Waals surface area contributed by atoms with Gasteiger partial charge in [0.2, 0.25) is 5.91 Å². The summed E-state index contributed by atoms with van der Waals surface area (Å²) in [5.74, 6) is -0.213. The number of ether oxygens (including phenoxy) is 2. The van der Waals surface area contributed by atoms with Gasteiger partial charge in [0.15, 0.2) is 6.29 Å². The monoisotopic (exact) mass is 637 g/mol. The molecule has 6 N–H and O–H groups in total. The van der Waals surface area contributed by atoms with E-state index in [1.165, 1.54) is 32.1 Å². The normalized spacial score (nSPS) is 23.9. The van der Waals surface area contributed by atoms with E-state index in [2.05, 4.69) is 55.6 Å². The van der Waals surface area contributed by atoms with E-state index in [1.807, 2.05) is 6.08 Å². The molecule has 9 heteroatoms. The molecule has 0 bridgehead atoms. The summed E-state index contributed by atoms with van der Waals surface area (Å²) in [6, 6.07) is -0.816. The molecule has 1 saturated heterocycles. The van der Waals surface area contributed by atoms with Crippen LogP contribution in [0.15, 0.2) is 48.6 Å². The standard InChI is InChI=1S/C36H63NO8/c1-3-5-7-9-11-13-14-15-16-18-20-22-24-26-32(40)37-29(30(39)25-23-21-19-17-12-10-8-6-4-2)28-44-36-35(43)34(42)33(41)31(27-38)45-36/h5,7,11,13,15-16,23,25,29-31,33-36,38-39,41-43H,3-4,6,8-10,12,14,17-22,24,26-28H2,1-2H3,(H,37,40)/b7-5-,13-11-,16-15-,25-23+. The Morgan fingerprint density at radius 3 is 2.04 bits per heavy atom. The van der Waals surface area contributed by atoms with E-state index in [4.69, 9.17) is 9.47 Å². The highest BCUT2D eigenvalue weighted by atomic mass is 16.7. The molecule has 9 nitrogen and oxygen atoms in total. The van der Waals surface area contributed by atoms with E-state index in [0.717, 1.165) is 57.8 Å². The fourth-order valence-electron chi connectivity index (χ4n) is 5.05. The number of hydrogen-bond acceptors (Lipinski definition) is 8. The fraction of sp³-hybridized carbons (Fsp3) is 0.750. The molecule has 1 aliphatic heterocycles. The Balaban J connectivity index is 2.53. The SMILES string of the molecule is CC/C=C\C/C=C\C/C=C\CCCCCC(=O)NC(COC1OC(CO)C(O)C(O)C1O)C(O)/C=C/CCCCCCCCC. The van der Waals surface area contributed by atoms with Crippen LogP contribution in [0, 0.1) is 0 Å². The highest BCUT2D eigenvalue weighted by Gasteiger charge is 2.44. The average Bonchev–Trinajstić information content (AvgIpc) is 3.04. The Hall–Kier alpha value is -1.85. The van der Waals surface area contributed by atoms with Gasteiger partial charge in [-0.25, -0.2) is 0 Å². The van der Waals surface area contributed by atoms with E-state index in [9.17, 15) is 30.3 Å². The molecule has 0 aromatic carbocycles. The predicted molar refractivity (Wildman–Crippen MR) is 179 cm³/mol. The van der Waals surface area contributed by atoms with Crippen LogP contribution >= 0.6 is 0 Å². The molecule has 7 atom stereocenters. The van der Waals surface area contributed by atoms with Gasteiger partial charge in [0.25, 0.3) is 0 Å². The van der Waals surface area contributed by atoms with Crippen molar-refractivity contribution in [1.82, 2.24) is 5.32 Å². The van der Waals surface area contributed by atoms with Gasteiger partial charge in [-0.2, -0.15) is 0 Å². The average molecular weight is 638 g/mol. The number of carbonyl (C=O) groups is 1. The van der Waals surface area contributed by atoms with E-state index < -0.39 is 49.5 Å². The Morgan fingerprint density at radius 2 is 1.38 bits per heavy atom. The second-order valence-electron chi connectivity index (χ2n) is 11.9. The fourth-order valence-corrected chi connectivity index (χ4v) is 5.05. The molecule has 1 rings (SSSR count). The zero-order valence-corrected chi connectivity index (χ0v) is 27.8. The number of aliphatic hydroxyl groups excluding tert-OH is 5. The van der Waals surface area contributed by atoms with E-state index in [-0.39, 0.29) is 12.5 Å². The van der Waals surface area contributed by atoms with Crippen molar-refractivity contribution in [2.45, 2.75) is 159 Å². The molecule has 45 heavy (non-hydrogen) atoms.